The molecule has 10 heteroatoms. The molecule has 3 rings (SSSR count). The molecule has 1 fully saturated rings. The molecular formula is C21H24F3N3O3S. The molecule has 1 N–H and O–H groups in total. The Morgan fingerprint density at radius 2 is 1.58 bits per heavy atom. The Hall–Kier alpha value is -2.59. The van der Waals surface area contributed by atoms with E-state index in [0.717, 1.165) is 11.6 Å². The van der Waals surface area contributed by atoms with Crippen molar-refractivity contribution >= 4 is 16.1 Å². The highest BCUT2D eigenvalue weighted by Crippen LogP contribution is 2.34. The van der Waals surface area contributed by atoms with E-state index in [1.54, 1.807) is 24.3 Å². The lowest BCUT2D eigenvalue weighted by molar-refractivity contribution is -0.138. The Bertz CT molecular complexity index is 1030. The van der Waals surface area contributed by atoms with Crippen LogP contribution in [0.1, 0.15) is 29.7 Å². The zero-order valence-electron chi connectivity index (χ0n) is 17.2. The first-order chi connectivity index (χ1) is 14.5. The van der Waals surface area contributed by atoms with Crippen LogP contribution in [0.3, 0.4) is 0 Å². The molecule has 1 saturated heterocycles. The molecule has 168 valence electrons. The van der Waals surface area contributed by atoms with Crippen molar-refractivity contribution in [3.05, 3.63) is 65.2 Å². The minimum absolute atomic E-state index is 0.0241. The average molecular weight is 456 g/mol. The lowest BCUT2D eigenvalue weighted by Gasteiger charge is -2.34. The molecule has 6 nitrogen and oxygen atoms in total. The molecule has 2 amide bonds. The first-order valence-corrected chi connectivity index (χ1v) is 11.2. The van der Waals surface area contributed by atoms with Crippen LogP contribution >= 0.6 is 0 Å². The molecule has 0 aliphatic carbocycles. The van der Waals surface area contributed by atoms with Crippen LogP contribution in [0.2, 0.25) is 0 Å². The quantitative estimate of drug-likeness (QED) is 0.763. The summed E-state index contributed by atoms with van der Waals surface area (Å²) in [6.07, 6.45) is -4.52. The van der Waals surface area contributed by atoms with Gasteiger partial charge in [0.2, 0.25) is 10.0 Å². The fourth-order valence-electron chi connectivity index (χ4n) is 3.48. The summed E-state index contributed by atoms with van der Waals surface area (Å²) in [5.74, 6) is 0. The highest BCUT2D eigenvalue weighted by Gasteiger charge is 2.35. The molecule has 0 aromatic heterocycles. The van der Waals surface area contributed by atoms with Gasteiger partial charge in [-0.25, -0.2) is 13.2 Å². The minimum Gasteiger partial charge on any atom is -0.331 e. The van der Waals surface area contributed by atoms with E-state index in [1.807, 2.05) is 6.92 Å². The zero-order valence-corrected chi connectivity index (χ0v) is 18.0. The summed E-state index contributed by atoms with van der Waals surface area (Å²) in [5.41, 5.74) is 0.127. The maximum atomic E-state index is 13.2. The van der Waals surface area contributed by atoms with Crippen molar-refractivity contribution in [3.8, 4) is 0 Å². The van der Waals surface area contributed by atoms with Crippen molar-refractivity contribution in [3.63, 3.8) is 0 Å². The topological polar surface area (TPSA) is 69.7 Å². The maximum absolute atomic E-state index is 13.2. The molecule has 0 radical (unpaired) electrons. The third-order valence-electron chi connectivity index (χ3n) is 5.26. The van der Waals surface area contributed by atoms with Crippen LogP contribution in [0, 0.1) is 6.92 Å². The smallest absolute Gasteiger partial charge is 0.331 e. The Kier molecular flexibility index (Phi) is 6.61. The van der Waals surface area contributed by atoms with Crippen LogP contribution in [-0.4, -0.2) is 49.8 Å². The van der Waals surface area contributed by atoms with E-state index in [1.165, 1.54) is 34.3 Å². The van der Waals surface area contributed by atoms with Crippen LogP contribution in [0.15, 0.2) is 53.4 Å². The molecule has 0 spiro atoms. The number of carbonyl (C=O) groups is 1. The van der Waals surface area contributed by atoms with Crippen LogP contribution in [0.5, 0.6) is 0 Å². The van der Waals surface area contributed by atoms with E-state index >= 15 is 0 Å². The Labute approximate surface area is 179 Å². The third-order valence-corrected chi connectivity index (χ3v) is 7.17. The fraction of sp³-hybridized carbons (Fsp3) is 0.381. The summed E-state index contributed by atoms with van der Waals surface area (Å²) in [6, 6.07) is 10.2. The normalized spacial score (nSPS) is 16.7. The van der Waals surface area contributed by atoms with Gasteiger partial charge in [0.1, 0.15) is 0 Å². The van der Waals surface area contributed by atoms with Crippen LogP contribution in [0.4, 0.5) is 18.0 Å². The van der Waals surface area contributed by atoms with E-state index in [-0.39, 0.29) is 36.6 Å². The second-order valence-corrected chi connectivity index (χ2v) is 9.40. The lowest BCUT2D eigenvalue weighted by Crippen LogP contribution is -2.53. The van der Waals surface area contributed by atoms with Gasteiger partial charge in [0.15, 0.2) is 0 Å². The predicted octanol–water partition coefficient (Wildman–Crippen LogP) is 3.79. The number of carbonyl (C=O) groups excluding carboxylic acids is 1. The fourth-order valence-corrected chi connectivity index (χ4v) is 4.90. The number of urea groups is 1. The highest BCUT2D eigenvalue weighted by molar-refractivity contribution is 7.89. The SMILES string of the molecule is Cc1ccc(S(=O)(=O)N2CCN(C(=O)NC(C)c3ccccc3C(F)(F)F)CC2)cc1. The number of alkyl halides is 3. The number of hydrogen-bond donors (Lipinski definition) is 1. The molecule has 1 unspecified atom stereocenters. The number of rotatable bonds is 4. The summed E-state index contributed by atoms with van der Waals surface area (Å²) < 4.78 is 66.5. The largest absolute Gasteiger partial charge is 0.416 e. The van der Waals surface area contributed by atoms with Gasteiger partial charge < -0.3 is 10.2 Å². The predicted molar refractivity (Wildman–Crippen MR) is 110 cm³/mol. The van der Waals surface area contributed by atoms with Gasteiger partial charge in [0, 0.05) is 26.2 Å². The number of nitrogens with one attached hydrogen (secondary N) is 1. The van der Waals surface area contributed by atoms with E-state index in [2.05, 4.69) is 5.32 Å². The molecule has 1 aliphatic heterocycles. The monoisotopic (exact) mass is 455 g/mol. The van der Waals surface area contributed by atoms with Crippen molar-refractivity contribution < 1.29 is 26.4 Å². The van der Waals surface area contributed by atoms with Gasteiger partial charge in [-0.05, 0) is 37.6 Å². The Morgan fingerprint density at radius 3 is 2.16 bits per heavy atom. The number of amides is 2. The van der Waals surface area contributed by atoms with E-state index in [4.69, 9.17) is 0 Å². The van der Waals surface area contributed by atoms with E-state index in [9.17, 15) is 26.4 Å². The maximum Gasteiger partial charge on any atom is 0.416 e. The first kappa shape index (κ1) is 23.1. The highest BCUT2D eigenvalue weighted by atomic mass is 32.2. The summed E-state index contributed by atoms with van der Waals surface area (Å²) in [7, 11) is -3.67. The van der Waals surface area contributed by atoms with Gasteiger partial charge in [-0.1, -0.05) is 35.9 Å². The molecule has 0 saturated carbocycles. The van der Waals surface area contributed by atoms with Crippen LogP contribution in [-0.2, 0) is 16.2 Å². The number of hydrogen-bond acceptors (Lipinski definition) is 3. The second kappa shape index (κ2) is 8.88. The average Bonchev–Trinajstić information content (AvgIpc) is 2.73. The summed E-state index contributed by atoms with van der Waals surface area (Å²) in [6.45, 7) is 3.85. The number of halogens is 3. The molecule has 2 aromatic rings. The minimum atomic E-state index is -4.52. The zero-order chi connectivity index (χ0) is 22.8. The summed E-state index contributed by atoms with van der Waals surface area (Å²) in [5, 5.41) is 2.59. The van der Waals surface area contributed by atoms with E-state index in [0.29, 0.717) is 0 Å². The van der Waals surface area contributed by atoms with Gasteiger partial charge in [0.25, 0.3) is 0 Å². The van der Waals surface area contributed by atoms with Gasteiger partial charge >= 0.3 is 12.2 Å². The van der Waals surface area contributed by atoms with Crippen molar-refractivity contribution in [1.29, 1.82) is 0 Å². The Balaban J connectivity index is 1.63. The number of benzene rings is 2. The number of sulfonamides is 1. The summed E-state index contributed by atoms with van der Waals surface area (Å²) in [4.78, 5) is 14.2. The van der Waals surface area contributed by atoms with Gasteiger partial charge in [-0.2, -0.15) is 17.5 Å². The molecule has 31 heavy (non-hydrogen) atoms. The molecule has 1 heterocycles. The van der Waals surface area contributed by atoms with Gasteiger partial charge in [-0.15, -0.1) is 0 Å². The van der Waals surface area contributed by atoms with Crippen LogP contribution in [0.25, 0.3) is 0 Å². The number of aryl methyl sites for hydroxylation is 1. The van der Waals surface area contributed by atoms with Crippen LogP contribution < -0.4 is 5.32 Å². The molecule has 1 aliphatic rings. The third kappa shape index (κ3) is 5.19. The first-order valence-electron chi connectivity index (χ1n) is 9.78. The number of nitrogens with zero attached hydrogens (tertiary/aromatic N) is 2. The Morgan fingerprint density at radius 1 is 1.00 bits per heavy atom. The molecule has 1 atom stereocenters. The molecule has 2 aromatic carbocycles. The second-order valence-electron chi connectivity index (χ2n) is 7.46. The van der Waals surface area contributed by atoms with Gasteiger partial charge in [-0.3, -0.25) is 0 Å². The van der Waals surface area contributed by atoms with Crippen molar-refractivity contribution in [2.45, 2.75) is 31.0 Å². The van der Waals surface area contributed by atoms with E-state index < -0.39 is 33.8 Å². The molecule has 0 bridgehead atoms. The number of piperazine rings is 1. The van der Waals surface area contributed by atoms with Gasteiger partial charge in [0.05, 0.1) is 16.5 Å². The summed E-state index contributed by atoms with van der Waals surface area (Å²) >= 11 is 0. The standard InChI is InChI=1S/C21H24F3N3O3S/c1-15-7-9-17(10-8-15)31(29,30)27-13-11-26(12-14-27)20(28)25-16(2)18-5-3-4-6-19(18)21(22,23)24/h3-10,16H,11-14H2,1-2H3,(H,25,28). The molecular weight excluding hydrogens is 431 g/mol. The van der Waals surface area contributed by atoms with Crippen molar-refractivity contribution in [2.24, 2.45) is 0 Å². The van der Waals surface area contributed by atoms with Crippen molar-refractivity contribution in [1.82, 2.24) is 14.5 Å². The van der Waals surface area contributed by atoms with Crippen molar-refractivity contribution in [2.75, 3.05) is 26.2 Å². The lowest BCUT2D eigenvalue weighted by atomic mass is 10.0.